The van der Waals surface area contributed by atoms with Crippen molar-refractivity contribution in [2.24, 2.45) is 11.7 Å². The number of carbonyl (C=O) groups is 1. The van der Waals surface area contributed by atoms with E-state index in [1.807, 2.05) is 0 Å². The average molecular weight is 319 g/mol. The monoisotopic (exact) mass is 318 g/mol. The Morgan fingerprint density at radius 1 is 1.05 bits per heavy atom. The molecule has 1 unspecified atom stereocenters. The fraction of sp³-hybridized carbons (Fsp3) is 0.938. The Morgan fingerprint density at radius 2 is 1.57 bits per heavy atom. The van der Waals surface area contributed by atoms with Gasteiger partial charge in [0.1, 0.15) is 6.10 Å². The molecule has 124 valence electrons. The molecule has 2 rings (SSSR count). The number of aliphatic hydroxyl groups is 1. The predicted octanol–water partition coefficient (Wildman–Crippen LogP) is 2.52. The van der Waals surface area contributed by atoms with Gasteiger partial charge in [-0.1, -0.05) is 51.4 Å². The van der Waals surface area contributed by atoms with Gasteiger partial charge in [-0.15, -0.1) is 12.4 Å². The van der Waals surface area contributed by atoms with Crippen molar-refractivity contribution < 1.29 is 9.90 Å². The van der Waals surface area contributed by atoms with E-state index in [0.29, 0.717) is 5.92 Å². The minimum atomic E-state index is -1.04. The fourth-order valence-electron chi connectivity index (χ4n) is 3.66. The third-order valence-electron chi connectivity index (χ3n) is 4.96. The molecule has 2 fully saturated rings. The normalized spacial score (nSPS) is 23.9. The summed E-state index contributed by atoms with van der Waals surface area (Å²) in [5.74, 6) is 0.330. The molecule has 0 saturated heterocycles. The Hall–Kier alpha value is -0.320. The number of nitrogens with one attached hydrogen (secondary N) is 1. The van der Waals surface area contributed by atoms with Crippen molar-refractivity contribution in [2.45, 2.75) is 88.8 Å². The smallest absolute Gasteiger partial charge is 0.250 e. The van der Waals surface area contributed by atoms with Gasteiger partial charge in [-0.25, -0.2) is 0 Å². The van der Waals surface area contributed by atoms with E-state index in [4.69, 9.17) is 5.73 Å². The first-order chi connectivity index (χ1) is 9.66. The molecule has 0 radical (unpaired) electrons. The minimum absolute atomic E-state index is 0. The third kappa shape index (κ3) is 6.13. The van der Waals surface area contributed by atoms with Crippen LogP contribution in [0.5, 0.6) is 0 Å². The van der Waals surface area contributed by atoms with Crippen LogP contribution in [0.25, 0.3) is 0 Å². The van der Waals surface area contributed by atoms with Crippen molar-refractivity contribution in [2.75, 3.05) is 0 Å². The first kappa shape index (κ1) is 18.7. The highest BCUT2D eigenvalue weighted by atomic mass is 35.5. The highest BCUT2D eigenvalue weighted by Gasteiger charge is 2.28. The zero-order valence-electron chi connectivity index (χ0n) is 12.9. The highest BCUT2D eigenvalue weighted by Crippen LogP contribution is 2.27. The Kier molecular flexibility index (Phi) is 8.60. The standard InChI is InChI=1S/C16H30N2O2.ClH/c17-14(11-12-7-3-1-4-8-12)15(19)16(20)18-13-9-5-2-6-10-13;/h12-15,19H,1-11,17H2,(H,18,20);1H/t14-,15?;/m1./s1. The second-order valence-electron chi connectivity index (χ2n) is 6.69. The summed E-state index contributed by atoms with van der Waals surface area (Å²) in [4.78, 5) is 12.1. The van der Waals surface area contributed by atoms with Crippen LogP contribution in [-0.2, 0) is 4.79 Å². The molecular formula is C16H31ClN2O2. The topological polar surface area (TPSA) is 75.3 Å². The van der Waals surface area contributed by atoms with E-state index in [0.717, 1.165) is 19.3 Å². The van der Waals surface area contributed by atoms with Crippen LogP contribution < -0.4 is 11.1 Å². The van der Waals surface area contributed by atoms with Crippen LogP contribution >= 0.6 is 12.4 Å². The predicted molar refractivity (Wildman–Crippen MR) is 87.4 cm³/mol. The summed E-state index contributed by atoms with van der Waals surface area (Å²) in [6.45, 7) is 0. The van der Waals surface area contributed by atoms with Gasteiger partial charge in [0.15, 0.2) is 0 Å². The Balaban J connectivity index is 0.00000220. The first-order valence-corrected chi connectivity index (χ1v) is 8.41. The van der Waals surface area contributed by atoms with Crippen molar-refractivity contribution in [3.05, 3.63) is 0 Å². The molecule has 0 aromatic carbocycles. The van der Waals surface area contributed by atoms with Crippen LogP contribution in [0.15, 0.2) is 0 Å². The SMILES string of the molecule is Cl.N[C@H](CC1CCCCC1)C(O)C(=O)NC1CCCCC1. The molecule has 0 aliphatic heterocycles. The molecule has 0 aromatic rings. The Morgan fingerprint density at radius 3 is 2.14 bits per heavy atom. The summed E-state index contributed by atoms with van der Waals surface area (Å²) < 4.78 is 0. The van der Waals surface area contributed by atoms with Crippen LogP contribution in [0.1, 0.15) is 70.6 Å². The fourth-order valence-corrected chi connectivity index (χ4v) is 3.66. The van der Waals surface area contributed by atoms with Crippen LogP contribution in [-0.4, -0.2) is 29.2 Å². The number of nitrogens with two attached hydrogens (primary N) is 1. The number of hydrogen-bond acceptors (Lipinski definition) is 3. The number of amides is 1. The number of aliphatic hydroxyl groups excluding tert-OH is 1. The van der Waals surface area contributed by atoms with Crippen LogP contribution in [0.2, 0.25) is 0 Å². The molecule has 0 aromatic heterocycles. The lowest BCUT2D eigenvalue weighted by molar-refractivity contribution is -0.131. The number of carbonyl (C=O) groups excluding carboxylic acids is 1. The molecule has 2 atom stereocenters. The zero-order valence-corrected chi connectivity index (χ0v) is 13.7. The third-order valence-corrected chi connectivity index (χ3v) is 4.96. The number of hydrogen-bond donors (Lipinski definition) is 3. The van der Waals surface area contributed by atoms with Gasteiger partial charge in [0, 0.05) is 12.1 Å². The molecule has 2 aliphatic rings. The maximum absolute atomic E-state index is 12.1. The van der Waals surface area contributed by atoms with Crippen molar-refractivity contribution in [1.82, 2.24) is 5.32 Å². The summed E-state index contributed by atoms with van der Waals surface area (Å²) >= 11 is 0. The molecule has 0 spiro atoms. The molecule has 2 saturated carbocycles. The number of rotatable bonds is 5. The molecule has 0 heterocycles. The van der Waals surface area contributed by atoms with Crippen molar-refractivity contribution in [3.8, 4) is 0 Å². The quantitative estimate of drug-likeness (QED) is 0.729. The summed E-state index contributed by atoms with van der Waals surface area (Å²) in [6, 6.07) is -0.172. The van der Waals surface area contributed by atoms with Crippen LogP contribution in [0, 0.1) is 5.92 Å². The maximum atomic E-state index is 12.1. The van der Waals surface area contributed by atoms with E-state index in [1.54, 1.807) is 0 Å². The summed E-state index contributed by atoms with van der Waals surface area (Å²) in [5, 5.41) is 13.1. The molecule has 5 heteroatoms. The highest BCUT2D eigenvalue weighted by molar-refractivity contribution is 5.85. The molecule has 0 bridgehead atoms. The summed E-state index contributed by atoms with van der Waals surface area (Å²) in [5.41, 5.74) is 6.04. The van der Waals surface area contributed by atoms with Gasteiger partial charge in [0.2, 0.25) is 0 Å². The number of halogens is 1. The van der Waals surface area contributed by atoms with Gasteiger partial charge >= 0.3 is 0 Å². The van der Waals surface area contributed by atoms with E-state index in [1.165, 1.54) is 51.4 Å². The molecule has 21 heavy (non-hydrogen) atoms. The molecular weight excluding hydrogens is 288 g/mol. The van der Waals surface area contributed by atoms with Gasteiger partial charge in [0.05, 0.1) is 0 Å². The molecule has 1 amide bonds. The van der Waals surface area contributed by atoms with E-state index in [9.17, 15) is 9.90 Å². The Bertz CT molecular complexity index is 303. The summed E-state index contributed by atoms with van der Waals surface area (Å²) in [6.07, 6.45) is 11.7. The maximum Gasteiger partial charge on any atom is 0.250 e. The lowest BCUT2D eigenvalue weighted by atomic mass is 9.84. The lowest BCUT2D eigenvalue weighted by Crippen LogP contribution is -2.50. The second kappa shape index (κ2) is 9.65. The van der Waals surface area contributed by atoms with Crippen LogP contribution in [0.3, 0.4) is 0 Å². The van der Waals surface area contributed by atoms with E-state index >= 15 is 0 Å². The summed E-state index contributed by atoms with van der Waals surface area (Å²) in [7, 11) is 0. The van der Waals surface area contributed by atoms with Crippen molar-refractivity contribution in [1.29, 1.82) is 0 Å². The van der Waals surface area contributed by atoms with Crippen molar-refractivity contribution >= 4 is 18.3 Å². The van der Waals surface area contributed by atoms with E-state index in [-0.39, 0.29) is 24.4 Å². The zero-order chi connectivity index (χ0) is 14.4. The van der Waals surface area contributed by atoms with E-state index in [2.05, 4.69) is 5.32 Å². The largest absolute Gasteiger partial charge is 0.382 e. The van der Waals surface area contributed by atoms with Crippen molar-refractivity contribution in [3.63, 3.8) is 0 Å². The van der Waals surface area contributed by atoms with Gasteiger partial charge in [-0.2, -0.15) is 0 Å². The lowest BCUT2D eigenvalue weighted by Gasteiger charge is -2.28. The second-order valence-corrected chi connectivity index (χ2v) is 6.69. The molecule has 4 nitrogen and oxygen atoms in total. The Labute approximate surface area is 134 Å². The molecule has 2 aliphatic carbocycles. The van der Waals surface area contributed by atoms with Gasteiger partial charge in [-0.3, -0.25) is 4.79 Å². The van der Waals surface area contributed by atoms with Gasteiger partial charge < -0.3 is 16.2 Å². The van der Waals surface area contributed by atoms with Gasteiger partial charge in [-0.05, 0) is 25.2 Å². The van der Waals surface area contributed by atoms with E-state index < -0.39 is 12.1 Å². The molecule has 4 N–H and O–H groups in total. The average Bonchev–Trinajstić information content (AvgIpc) is 2.48. The first-order valence-electron chi connectivity index (χ1n) is 8.41. The van der Waals surface area contributed by atoms with Crippen LogP contribution in [0.4, 0.5) is 0 Å². The van der Waals surface area contributed by atoms with Gasteiger partial charge in [0.25, 0.3) is 5.91 Å². The minimum Gasteiger partial charge on any atom is -0.382 e.